The molecular formula is C19H16BFN3S+. The molecule has 2 aromatic heterocycles. The molecule has 1 aliphatic heterocycles. The van der Waals surface area contributed by atoms with Gasteiger partial charge in [-0.15, -0.1) is 11.8 Å². The predicted molar refractivity (Wildman–Crippen MR) is 101 cm³/mol. The van der Waals surface area contributed by atoms with Crippen LogP contribution in [-0.4, -0.2) is 17.5 Å². The molecule has 0 fully saturated rings. The van der Waals surface area contributed by atoms with Crippen molar-refractivity contribution in [1.82, 2.24) is 4.48 Å². The summed E-state index contributed by atoms with van der Waals surface area (Å²) in [6.45, 7) is 2.15. The summed E-state index contributed by atoms with van der Waals surface area (Å²) in [4.78, 5) is 5.85. The van der Waals surface area contributed by atoms with Gasteiger partial charge in [-0.05, 0) is 40.8 Å². The van der Waals surface area contributed by atoms with Gasteiger partial charge in [-0.1, -0.05) is 31.2 Å². The molecule has 0 aliphatic carbocycles. The first-order valence-corrected chi connectivity index (χ1v) is 9.48. The zero-order valence-electron chi connectivity index (χ0n) is 13.8. The lowest BCUT2D eigenvalue weighted by atomic mass is 10.0. The average Bonchev–Trinajstić information content (AvgIpc) is 2.97. The first-order valence-electron chi connectivity index (χ1n) is 8.50. The Bertz CT molecular complexity index is 1170. The van der Waals surface area contributed by atoms with Crippen molar-refractivity contribution in [1.29, 1.82) is 0 Å². The predicted octanol–water partition coefficient (Wildman–Crippen LogP) is 3.92. The van der Waals surface area contributed by atoms with Crippen LogP contribution < -0.4 is 9.97 Å². The Morgan fingerprint density at radius 1 is 1.16 bits per heavy atom. The third-order valence-electron chi connectivity index (χ3n) is 4.67. The lowest BCUT2D eigenvalue weighted by molar-refractivity contribution is -0.538. The maximum atomic E-state index is 15.5. The standard InChI is InChI=1S/C19H16BFN3S/c1-2-11-25-14-9-10-17-22-19-15-7-3-5-13-6-4-8-16(18(13)15)24(19)20(21)23(17)12-14/h3-10,12H,2,11H2,1H3/q+1. The average molecular weight is 348 g/mol. The minimum Gasteiger partial charge on any atom is -0.274 e. The van der Waals surface area contributed by atoms with Crippen LogP contribution in [0, 0.1) is 0 Å². The highest BCUT2D eigenvalue weighted by Crippen LogP contribution is 2.28. The van der Waals surface area contributed by atoms with E-state index >= 15 is 4.32 Å². The molecule has 5 rings (SSSR count). The molecule has 0 unspecified atom stereocenters. The van der Waals surface area contributed by atoms with Gasteiger partial charge in [0.05, 0.1) is 11.6 Å². The van der Waals surface area contributed by atoms with Crippen molar-refractivity contribution in [2.24, 2.45) is 4.99 Å². The Morgan fingerprint density at radius 2 is 2.00 bits per heavy atom. The lowest BCUT2D eigenvalue weighted by Gasteiger charge is -2.11. The molecule has 25 heavy (non-hydrogen) atoms. The fourth-order valence-corrected chi connectivity index (χ4v) is 4.37. The van der Waals surface area contributed by atoms with Crippen LogP contribution in [0.4, 0.5) is 10.1 Å². The van der Waals surface area contributed by atoms with Gasteiger partial charge in [-0.2, -0.15) is 0 Å². The zero-order valence-corrected chi connectivity index (χ0v) is 14.6. The molecule has 0 atom stereocenters. The summed E-state index contributed by atoms with van der Waals surface area (Å²) in [5.41, 5.74) is 1.59. The number of thioether (sulfide) groups is 1. The largest absolute Gasteiger partial charge is 0.727 e. The molecule has 3 heterocycles. The van der Waals surface area contributed by atoms with E-state index in [1.165, 1.54) is 0 Å². The number of rotatable bonds is 3. The third-order valence-corrected chi connectivity index (χ3v) is 5.86. The Morgan fingerprint density at radius 3 is 2.84 bits per heavy atom. The van der Waals surface area contributed by atoms with Crippen molar-refractivity contribution in [3.63, 3.8) is 0 Å². The Labute approximate surface area is 149 Å². The van der Waals surface area contributed by atoms with Crippen molar-refractivity contribution < 1.29 is 8.79 Å². The number of hydrogen-bond acceptors (Lipinski definition) is 2. The SMILES string of the molecule is CCCSc1ccc2[n+](c1)B(F)n1c(c3cccc4cccc1c43)=N2. The van der Waals surface area contributed by atoms with Crippen LogP contribution in [0.5, 0.6) is 0 Å². The van der Waals surface area contributed by atoms with E-state index in [4.69, 9.17) is 4.99 Å². The molecule has 4 aromatic rings. The lowest BCUT2D eigenvalue weighted by Crippen LogP contribution is -2.58. The summed E-state index contributed by atoms with van der Waals surface area (Å²) in [5.74, 6) is 1.68. The molecule has 0 spiro atoms. The molecule has 0 bridgehead atoms. The van der Waals surface area contributed by atoms with Crippen molar-refractivity contribution >= 4 is 46.5 Å². The normalized spacial score (nSPS) is 13.1. The summed E-state index contributed by atoms with van der Waals surface area (Å²) in [7, 11) is -1.29. The maximum Gasteiger partial charge on any atom is 0.727 e. The summed E-state index contributed by atoms with van der Waals surface area (Å²) < 4.78 is 18.9. The Balaban J connectivity index is 1.80. The van der Waals surface area contributed by atoms with E-state index in [1.807, 2.05) is 42.6 Å². The van der Waals surface area contributed by atoms with Crippen LogP contribution in [0.15, 0.2) is 64.6 Å². The highest BCUT2D eigenvalue weighted by atomic mass is 32.2. The van der Waals surface area contributed by atoms with Crippen LogP contribution >= 0.6 is 11.8 Å². The van der Waals surface area contributed by atoms with Gasteiger partial charge in [0, 0.05) is 21.9 Å². The van der Waals surface area contributed by atoms with Gasteiger partial charge in [0.15, 0.2) is 0 Å². The molecule has 0 amide bonds. The van der Waals surface area contributed by atoms with E-state index in [0.29, 0.717) is 11.3 Å². The molecule has 0 saturated carbocycles. The number of nitrogens with zero attached hydrogens (tertiary/aromatic N) is 3. The van der Waals surface area contributed by atoms with E-state index in [-0.39, 0.29) is 0 Å². The van der Waals surface area contributed by atoms with Gasteiger partial charge in [0.2, 0.25) is 5.49 Å². The van der Waals surface area contributed by atoms with Gasteiger partial charge in [-0.25, -0.2) is 4.48 Å². The molecule has 6 heteroatoms. The molecular weight excluding hydrogens is 332 g/mol. The fourth-order valence-electron chi connectivity index (χ4n) is 3.57. The topological polar surface area (TPSA) is 21.2 Å². The van der Waals surface area contributed by atoms with Gasteiger partial charge in [0.1, 0.15) is 0 Å². The Hall–Kier alpha value is -2.34. The van der Waals surface area contributed by atoms with Crippen molar-refractivity contribution in [3.05, 3.63) is 60.2 Å². The number of hydrogen-bond donors (Lipinski definition) is 0. The number of fused-ring (bicyclic) bond motifs is 4. The number of halogens is 1. The van der Waals surface area contributed by atoms with Crippen molar-refractivity contribution in [2.45, 2.75) is 18.2 Å². The molecule has 2 aromatic carbocycles. The number of pyridine rings is 1. The second kappa shape index (κ2) is 5.59. The van der Waals surface area contributed by atoms with E-state index < -0.39 is 7.26 Å². The summed E-state index contributed by atoms with van der Waals surface area (Å²) in [5, 5.41) is 3.21. The van der Waals surface area contributed by atoms with Crippen LogP contribution in [0.2, 0.25) is 0 Å². The van der Waals surface area contributed by atoms with Gasteiger partial charge < -0.3 is 0 Å². The summed E-state index contributed by atoms with van der Waals surface area (Å²) in [6, 6.07) is 16.1. The number of benzene rings is 2. The van der Waals surface area contributed by atoms with Crippen LogP contribution in [-0.2, 0) is 0 Å². The van der Waals surface area contributed by atoms with Gasteiger partial charge >= 0.3 is 13.1 Å². The highest BCUT2D eigenvalue weighted by molar-refractivity contribution is 7.99. The van der Waals surface area contributed by atoms with Crippen LogP contribution in [0.25, 0.3) is 21.7 Å². The number of aromatic nitrogens is 2. The van der Waals surface area contributed by atoms with E-state index in [0.717, 1.165) is 38.7 Å². The maximum absolute atomic E-state index is 15.5. The molecule has 0 radical (unpaired) electrons. The summed E-state index contributed by atoms with van der Waals surface area (Å²) in [6.07, 6.45) is 2.97. The second-order valence-electron chi connectivity index (χ2n) is 6.28. The van der Waals surface area contributed by atoms with E-state index in [2.05, 4.69) is 19.1 Å². The van der Waals surface area contributed by atoms with E-state index in [9.17, 15) is 0 Å². The molecule has 3 nitrogen and oxygen atoms in total. The smallest absolute Gasteiger partial charge is 0.274 e. The third kappa shape index (κ3) is 2.13. The van der Waals surface area contributed by atoms with Crippen LogP contribution in [0.3, 0.4) is 0 Å². The van der Waals surface area contributed by atoms with Crippen LogP contribution in [0.1, 0.15) is 13.3 Å². The first kappa shape index (κ1) is 15.0. The van der Waals surface area contributed by atoms with Gasteiger partial charge in [0.25, 0.3) is 0 Å². The molecule has 0 saturated heterocycles. The van der Waals surface area contributed by atoms with E-state index in [1.54, 1.807) is 20.7 Å². The summed E-state index contributed by atoms with van der Waals surface area (Å²) >= 11 is 1.75. The van der Waals surface area contributed by atoms with Crippen molar-refractivity contribution in [3.8, 4) is 0 Å². The Kier molecular flexibility index (Phi) is 3.35. The zero-order chi connectivity index (χ0) is 17.0. The molecule has 0 N–H and O–H groups in total. The quantitative estimate of drug-likeness (QED) is 0.406. The minimum atomic E-state index is -1.29. The van der Waals surface area contributed by atoms with Gasteiger partial charge in [-0.3, -0.25) is 8.79 Å². The monoisotopic (exact) mass is 348 g/mol. The first-order chi connectivity index (χ1) is 12.3. The molecule has 122 valence electrons. The van der Waals surface area contributed by atoms with Crippen molar-refractivity contribution in [2.75, 3.05) is 5.75 Å². The molecule has 1 aliphatic rings. The fraction of sp³-hybridized carbons (Fsp3) is 0.158. The second-order valence-corrected chi connectivity index (χ2v) is 7.44. The highest BCUT2D eigenvalue weighted by Gasteiger charge is 2.39. The minimum absolute atomic E-state index is 0.657.